The van der Waals surface area contributed by atoms with Crippen LogP contribution in [-0.4, -0.2) is 21.9 Å². The Hall–Kier alpha value is -1.69. The van der Waals surface area contributed by atoms with Gasteiger partial charge in [-0.15, -0.1) is 0 Å². The molecule has 0 unspecified atom stereocenters. The van der Waals surface area contributed by atoms with Gasteiger partial charge in [-0.25, -0.2) is 0 Å². The van der Waals surface area contributed by atoms with E-state index in [0.29, 0.717) is 5.13 Å². The third kappa shape index (κ3) is 2.21. The number of hydrogen-bond acceptors (Lipinski definition) is 6. The standard InChI is InChI=1S/C9H10N4OS/c1-6-5-7(3-4-8(6)14-2)10-9-11-12-13-15-9/h3-5H,1-2H3,(H,10,11,13). The summed E-state index contributed by atoms with van der Waals surface area (Å²) < 4.78 is 8.84. The molecule has 0 atom stereocenters. The molecule has 5 nitrogen and oxygen atoms in total. The highest BCUT2D eigenvalue weighted by Crippen LogP contribution is 2.23. The van der Waals surface area contributed by atoms with Crippen LogP contribution < -0.4 is 10.1 Å². The first-order valence-corrected chi connectivity index (χ1v) is 5.13. The molecule has 0 aliphatic rings. The van der Waals surface area contributed by atoms with Crippen LogP contribution in [0.2, 0.25) is 0 Å². The van der Waals surface area contributed by atoms with E-state index in [0.717, 1.165) is 17.0 Å². The Balaban J connectivity index is 2.20. The molecule has 1 heterocycles. The summed E-state index contributed by atoms with van der Waals surface area (Å²) in [6, 6.07) is 5.82. The zero-order chi connectivity index (χ0) is 10.7. The second kappa shape index (κ2) is 4.22. The summed E-state index contributed by atoms with van der Waals surface area (Å²) in [5, 5.41) is 11.1. The predicted octanol–water partition coefficient (Wildman–Crippen LogP) is 1.99. The Bertz CT molecular complexity index is 443. The van der Waals surface area contributed by atoms with Crippen molar-refractivity contribution in [3.63, 3.8) is 0 Å². The van der Waals surface area contributed by atoms with E-state index in [2.05, 4.69) is 20.1 Å². The number of aromatic nitrogens is 3. The van der Waals surface area contributed by atoms with Crippen LogP contribution in [0.5, 0.6) is 5.75 Å². The van der Waals surface area contributed by atoms with Crippen molar-refractivity contribution in [2.75, 3.05) is 12.4 Å². The van der Waals surface area contributed by atoms with Crippen LogP contribution in [0.3, 0.4) is 0 Å². The minimum Gasteiger partial charge on any atom is -0.496 e. The van der Waals surface area contributed by atoms with E-state index in [1.165, 1.54) is 11.5 Å². The van der Waals surface area contributed by atoms with Crippen LogP contribution in [0.4, 0.5) is 10.8 Å². The fourth-order valence-electron chi connectivity index (χ4n) is 1.26. The topological polar surface area (TPSA) is 59.9 Å². The van der Waals surface area contributed by atoms with Crippen molar-refractivity contribution < 1.29 is 4.74 Å². The van der Waals surface area contributed by atoms with Gasteiger partial charge in [-0.2, -0.15) is 0 Å². The molecule has 0 saturated heterocycles. The summed E-state index contributed by atoms with van der Waals surface area (Å²) in [6.45, 7) is 1.99. The number of hydrogen-bond donors (Lipinski definition) is 1. The molecule has 0 fully saturated rings. The molecule has 0 radical (unpaired) electrons. The maximum absolute atomic E-state index is 5.17. The summed E-state index contributed by atoms with van der Waals surface area (Å²) in [7, 11) is 1.66. The Morgan fingerprint density at radius 2 is 2.27 bits per heavy atom. The number of nitrogens with zero attached hydrogens (tertiary/aromatic N) is 3. The van der Waals surface area contributed by atoms with E-state index in [1.807, 2.05) is 25.1 Å². The number of ether oxygens (including phenoxy) is 1. The molecule has 0 saturated carbocycles. The molecule has 1 aromatic heterocycles. The molecule has 1 N–H and O–H groups in total. The van der Waals surface area contributed by atoms with E-state index in [-0.39, 0.29) is 0 Å². The lowest BCUT2D eigenvalue weighted by atomic mass is 10.2. The highest BCUT2D eigenvalue weighted by molar-refractivity contribution is 7.09. The molecule has 78 valence electrons. The highest BCUT2D eigenvalue weighted by atomic mass is 32.1. The maximum atomic E-state index is 5.17. The van der Waals surface area contributed by atoms with E-state index in [1.54, 1.807) is 7.11 Å². The van der Waals surface area contributed by atoms with Gasteiger partial charge in [0.25, 0.3) is 0 Å². The third-order valence-electron chi connectivity index (χ3n) is 1.95. The highest BCUT2D eigenvalue weighted by Gasteiger charge is 2.02. The van der Waals surface area contributed by atoms with Crippen LogP contribution in [-0.2, 0) is 0 Å². The Morgan fingerprint density at radius 3 is 2.87 bits per heavy atom. The van der Waals surface area contributed by atoms with Crippen molar-refractivity contribution in [3.8, 4) is 5.75 Å². The van der Waals surface area contributed by atoms with Gasteiger partial charge >= 0.3 is 0 Å². The number of methoxy groups -OCH3 is 1. The summed E-state index contributed by atoms with van der Waals surface area (Å²) in [5.74, 6) is 0.871. The lowest BCUT2D eigenvalue weighted by Gasteiger charge is -2.07. The molecule has 15 heavy (non-hydrogen) atoms. The first-order chi connectivity index (χ1) is 7.29. The minimum atomic E-state index is 0.680. The van der Waals surface area contributed by atoms with E-state index in [9.17, 15) is 0 Å². The Kier molecular flexibility index (Phi) is 2.77. The molecule has 0 aliphatic carbocycles. The normalized spacial score (nSPS) is 10.0. The number of aryl methyl sites for hydroxylation is 1. The number of rotatable bonds is 3. The number of benzene rings is 1. The number of nitrogens with one attached hydrogen (secondary N) is 1. The van der Waals surface area contributed by atoms with Crippen LogP contribution in [0, 0.1) is 6.92 Å². The minimum absolute atomic E-state index is 0.680. The van der Waals surface area contributed by atoms with Crippen molar-refractivity contribution in [2.24, 2.45) is 0 Å². The molecular formula is C9H10N4OS. The number of anilines is 2. The second-order valence-corrected chi connectivity index (χ2v) is 3.71. The molecule has 6 heteroatoms. The third-order valence-corrected chi connectivity index (χ3v) is 2.46. The van der Waals surface area contributed by atoms with Gasteiger partial charge in [0.05, 0.1) is 7.11 Å². The van der Waals surface area contributed by atoms with Gasteiger partial charge in [-0.3, -0.25) is 0 Å². The van der Waals surface area contributed by atoms with E-state index < -0.39 is 0 Å². The van der Waals surface area contributed by atoms with Crippen molar-refractivity contribution in [2.45, 2.75) is 6.92 Å². The monoisotopic (exact) mass is 222 g/mol. The lowest BCUT2D eigenvalue weighted by molar-refractivity contribution is 0.412. The molecule has 0 bridgehead atoms. The Morgan fingerprint density at radius 1 is 1.40 bits per heavy atom. The van der Waals surface area contributed by atoms with Crippen molar-refractivity contribution in [1.82, 2.24) is 14.8 Å². The second-order valence-electron chi connectivity index (χ2n) is 2.98. The van der Waals surface area contributed by atoms with Crippen LogP contribution in [0.15, 0.2) is 18.2 Å². The molecule has 2 aromatic rings. The van der Waals surface area contributed by atoms with E-state index in [4.69, 9.17) is 4.74 Å². The van der Waals surface area contributed by atoms with Crippen molar-refractivity contribution >= 4 is 22.4 Å². The van der Waals surface area contributed by atoms with Crippen molar-refractivity contribution in [1.29, 1.82) is 0 Å². The first kappa shape index (κ1) is 9.85. The first-order valence-electron chi connectivity index (χ1n) is 4.36. The molecule has 0 amide bonds. The molecule has 2 rings (SSSR count). The molecule has 0 aliphatic heterocycles. The molecule has 1 aromatic carbocycles. The van der Waals surface area contributed by atoms with Crippen molar-refractivity contribution in [3.05, 3.63) is 23.8 Å². The average Bonchev–Trinajstić information content (AvgIpc) is 2.71. The molecule has 0 spiro atoms. The summed E-state index contributed by atoms with van der Waals surface area (Å²) in [6.07, 6.45) is 0. The largest absolute Gasteiger partial charge is 0.496 e. The van der Waals surface area contributed by atoms with Crippen LogP contribution >= 0.6 is 11.5 Å². The van der Waals surface area contributed by atoms with E-state index >= 15 is 0 Å². The van der Waals surface area contributed by atoms with Gasteiger partial charge in [0, 0.05) is 17.2 Å². The molecular weight excluding hydrogens is 212 g/mol. The average molecular weight is 222 g/mol. The maximum Gasteiger partial charge on any atom is 0.229 e. The summed E-state index contributed by atoms with van der Waals surface area (Å²) >= 11 is 1.22. The van der Waals surface area contributed by atoms with Gasteiger partial charge < -0.3 is 10.1 Å². The van der Waals surface area contributed by atoms with Crippen LogP contribution in [0.25, 0.3) is 0 Å². The fourth-order valence-corrected chi connectivity index (χ4v) is 1.65. The van der Waals surface area contributed by atoms with Gasteiger partial charge in [0.2, 0.25) is 5.13 Å². The van der Waals surface area contributed by atoms with Crippen LogP contribution in [0.1, 0.15) is 5.56 Å². The fraction of sp³-hybridized carbons (Fsp3) is 0.222. The van der Waals surface area contributed by atoms with Gasteiger partial charge in [0.15, 0.2) is 0 Å². The lowest BCUT2D eigenvalue weighted by Crippen LogP contribution is -1.92. The summed E-state index contributed by atoms with van der Waals surface area (Å²) in [5.41, 5.74) is 2.02. The zero-order valence-electron chi connectivity index (χ0n) is 8.39. The van der Waals surface area contributed by atoms with Gasteiger partial charge in [0.1, 0.15) is 5.75 Å². The summed E-state index contributed by atoms with van der Waals surface area (Å²) in [4.78, 5) is 0. The SMILES string of the molecule is COc1ccc(Nc2nnns2)cc1C. The van der Waals surface area contributed by atoms with Gasteiger partial charge in [-0.05, 0) is 35.9 Å². The van der Waals surface area contributed by atoms with Gasteiger partial charge in [-0.1, -0.05) is 9.59 Å². The smallest absolute Gasteiger partial charge is 0.229 e. The zero-order valence-corrected chi connectivity index (χ0v) is 9.21. The quantitative estimate of drug-likeness (QED) is 0.860. The Labute approximate surface area is 91.3 Å². The predicted molar refractivity (Wildman–Crippen MR) is 58.7 cm³/mol.